The highest BCUT2D eigenvalue weighted by Crippen LogP contribution is 2.19. The summed E-state index contributed by atoms with van der Waals surface area (Å²) in [6.07, 6.45) is 0.489. The molecule has 0 aromatic heterocycles. The number of benzene rings is 2. The largest absolute Gasteiger partial charge is 0.381 e. The monoisotopic (exact) mass is 346 g/mol. The van der Waals surface area contributed by atoms with Crippen molar-refractivity contribution in [2.45, 2.75) is 26.8 Å². The van der Waals surface area contributed by atoms with E-state index in [1.54, 1.807) is 0 Å². The van der Waals surface area contributed by atoms with Crippen LogP contribution in [0, 0.1) is 6.92 Å². The molecular formula is C17H19BrN2O. The van der Waals surface area contributed by atoms with Gasteiger partial charge in [0.05, 0.1) is 0 Å². The van der Waals surface area contributed by atoms with Crippen molar-refractivity contribution in [3.8, 4) is 0 Å². The summed E-state index contributed by atoms with van der Waals surface area (Å²) in [5, 5.41) is 6.21. The lowest BCUT2D eigenvalue weighted by Crippen LogP contribution is -2.09. The van der Waals surface area contributed by atoms with Crippen molar-refractivity contribution >= 4 is 33.2 Å². The Bertz CT molecular complexity index is 623. The van der Waals surface area contributed by atoms with Gasteiger partial charge in [-0.1, -0.05) is 35.0 Å². The van der Waals surface area contributed by atoms with Gasteiger partial charge in [0.25, 0.3) is 0 Å². The Morgan fingerprint density at radius 1 is 1.10 bits per heavy atom. The van der Waals surface area contributed by atoms with Gasteiger partial charge in [-0.15, -0.1) is 0 Å². The highest BCUT2D eigenvalue weighted by Gasteiger charge is 2.00. The Labute approximate surface area is 133 Å². The molecule has 0 saturated heterocycles. The number of amides is 1. The Balaban J connectivity index is 1.94. The van der Waals surface area contributed by atoms with Crippen molar-refractivity contribution in [3.05, 3.63) is 58.1 Å². The molecule has 4 heteroatoms. The second-order valence-electron chi connectivity index (χ2n) is 4.92. The molecule has 0 saturated carbocycles. The van der Waals surface area contributed by atoms with Crippen LogP contribution in [0.2, 0.25) is 0 Å². The van der Waals surface area contributed by atoms with Gasteiger partial charge in [-0.2, -0.15) is 0 Å². The van der Waals surface area contributed by atoms with Gasteiger partial charge < -0.3 is 10.6 Å². The minimum atomic E-state index is 0.0287. The molecule has 0 unspecified atom stereocenters. The number of aryl methyl sites for hydroxylation is 1. The number of anilines is 2. The quantitative estimate of drug-likeness (QED) is 0.822. The summed E-state index contributed by atoms with van der Waals surface area (Å²) < 4.78 is 1.13. The number of nitrogens with one attached hydrogen (secondary N) is 2. The van der Waals surface area contributed by atoms with Crippen LogP contribution in [-0.4, -0.2) is 5.91 Å². The van der Waals surface area contributed by atoms with Gasteiger partial charge in [-0.25, -0.2) is 0 Å². The average molecular weight is 347 g/mol. The summed E-state index contributed by atoms with van der Waals surface area (Å²) in [5.74, 6) is 0.0287. The fourth-order valence-corrected chi connectivity index (χ4v) is 2.19. The van der Waals surface area contributed by atoms with Crippen LogP contribution in [-0.2, 0) is 11.3 Å². The van der Waals surface area contributed by atoms with Crippen molar-refractivity contribution < 1.29 is 4.79 Å². The van der Waals surface area contributed by atoms with Crippen LogP contribution < -0.4 is 10.6 Å². The maximum Gasteiger partial charge on any atom is 0.224 e. The summed E-state index contributed by atoms with van der Waals surface area (Å²) >= 11 is 3.50. The summed E-state index contributed by atoms with van der Waals surface area (Å²) in [6, 6.07) is 14.1. The van der Waals surface area contributed by atoms with E-state index in [9.17, 15) is 4.79 Å². The van der Waals surface area contributed by atoms with Crippen LogP contribution in [0.1, 0.15) is 24.5 Å². The molecule has 0 heterocycles. The van der Waals surface area contributed by atoms with E-state index >= 15 is 0 Å². The van der Waals surface area contributed by atoms with Gasteiger partial charge in [-0.05, 0) is 48.4 Å². The molecule has 0 aliphatic heterocycles. The third kappa shape index (κ3) is 4.60. The minimum Gasteiger partial charge on any atom is -0.381 e. The number of halogens is 1. The summed E-state index contributed by atoms with van der Waals surface area (Å²) in [6.45, 7) is 4.69. The number of carbonyl (C=O) groups excluding carboxylic acids is 1. The van der Waals surface area contributed by atoms with Crippen molar-refractivity contribution in [1.29, 1.82) is 0 Å². The average Bonchev–Trinajstić information content (AvgIpc) is 2.50. The summed E-state index contributed by atoms with van der Waals surface area (Å²) in [7, 11) is 0. The highest BCUT2D eigenvalue weighted by molar-refractivity contribution is 9.10. The lowest BCUT2D eigenvalue weighted by atomic mass is 10.1. The van der Waals surface area contributed by atoms with E-state index in [0.717, 1.165) is 22.4 Å². The van der Waals surface area contributed by atoms with Gasteiger partial charge in [0, 0.05) is 28.8 Å². The number of carbonyl (C=O) groups is 1. The lowest BCUT2D eigenvalue weighted by Gasteiger charge is -2.09. The summed E-state index contributed by atoms with van der Waals surface area (Å²) in [4.78, 5) is 11.3. The first kappa shape index (κ1) is 15.6. The topological polar surface area (TPSA) is 41.1 Å². The molecule has 21 heavy (non-hydrogen) atoms. The van der Waals surface area contributed by atoms with Crippen LogP contribution in [0.3, 0.4) is 0 Å². The van der Waals surface area contributed by atoms with Crippen molar-refractivity contribution in [1.82, 2.24) is 0 Å². The van der Waals surface area contributed by atoms with E-state index in [4.69, 9.17) is 0 Å². The van der Waals surface area contributed by atoms with Crippen molar-refractivity contribution in [3.63, 3.8) is 0 Å². The predicted molar refractivity (Wildman–Crippen MR) is 91.6 cm³/mol. The normalized spacial score (nSPS) is 10.2. The predicted octanol–water partition coefficient (Wildman–Crippen LogP) is 4.72. The first-order valence-electron chi connectivity index (χ1n) is 6.97. The first-order chi connectivity index (χ1) is 10.1. The molecule has 2 N–H and O–H groups in total. The number of rotatable bonds is 5. The molecule has 0 bridgehead atoms. The molecule has 2 aromatic rings. The minimum absolute atomic E-state index is 0.0287. The number of hydrogen-bond donors (Lipinski definition) is 2. The Hall–Kier alpha value is -1.81. The molecule has 110 valence electrons. The van der Waals surface area contributed by atoms with Gasteiger partial charge in [0.1, 0.15) is 0 Å². The molecule has 0 atom stereocenters. The SMILES string of the molecule is CCC(=O)Nc1ccc(NCc2ccc(Br)c(C)c2)cc1. The zero-order chi connectivity index (χ0) is 15.2. The third-order valence-corrected chi connectivity index (χ3v) is 4.10. The molecule has 0 aliphatic carbocycles. The van der Waals surface area contributed by atoms with E-state index in [-0.39, 0.29) is 5.91 Å². The standard InChI is InChI=1S/C17H19BrN2O/c1-3-17(21)20-15-7-5-14(6-8-15)19-11-13-4-9-16(18)12(2)10-13/h4-10,19H,3,11H2,1-2H3,(H,20,21). The third-order valence-electron chi connectivity index (χ3n) is 3.21. The zero-order valence-corrected chi connectivity index (χ0v) is 13.8. The molecular weight excluding hydrogens is 328 g/mol. The molecule has 0 spiro atoms. The van der Waals surface area contributed by atoms with E-state index in [2.05, 4.69) is 51.7 Å². The van der Waals surface area contributed by atoms with Crippen LogP contribution in [0.4, 0.5) is 11.4 Å². The van der Waals surface area contributed by atoms with Gasteiger partial charge >= 0.3 is 0 Å². The molecule has 0 radical (unpaired) electrons. The van der Waals surface area contributed by atoms with Gasteiger partial charge in [-0.3, -0.25) is 4.79 Å². The van der Waals surface area contributed by atoms with Gasteiger partial charge in [0.2, 0.25) is 5.91 Å². The zero-order valence-electron chi connectivity index (χ0n) is 12.2. The second-order valence-corrected chi connectivity index (χ2v) is 5.77. The van der Waals surface area contributed by atoms with Crippen molar-refractivity contribution in [2.24, 2.45) is 0 Å². The highest BCUT2D eigenvalue weighted by atomic mass is 79.9. The fourth-order valence-electron chi connectivity index (χ4n) is 1.94. The van der Waals surface area contributed by atoms with E-state index in [1.807, 2.05) is 31.2 Å². The first-order valence-corrected chi connectivity index (χ1v) is 7.76. The number of hydrogen-bond acceptors (Lipinski definition) is 2. The van der Waals surface area contributed by atoms with Gasteiger partial charge in [0.15, 0.2) is 0 Å². The maximum atomic E-state index is 11.3. The maximum absolute atomic E-state index is 11.3. The molecule has 2 rings (SSSR count). The van der Waals surface area contributed by atoms with Crippen LogP contribution in [0.15, 0.2) is 46.9 Å². The summed E-state index contributed by atoms with van der Waals surface area (Å²) in [5.41, 5.74) is 4.32. The smallest absolute Gasteiger partial charge is 0.224 e. The van der Waals surface area contributed by atoms with Crippen molar-refractivity contribution in [2.75, 3.05) is 10.6 Å². The van der Waals surface area contributed by atoms with Crippen LogP contribution in [0.25, 0.3) is 0 Å². The fraction of sp³-hybridized carbons (Fsp3) is 0.235. The van der Waals surface area contributed by atoms with Crippen LogP contribution in [0.5, 0.6) is 0 Å². The van der Waals surface area contributed by atoms with E-state index in [1.165, 1.54) is 11.1 Å². The molecule has 0 aliphatic rings. The Morgan fingerprint density at radius 2 is 1.76 bits per heavy atom. The lowest BCUT2D eigenvalue weighted by molar-refractivity contribution is -0.115. The van der Waals surface area contributed by atoms with E-state index < -0.39 is 0 Å². The van der Waals surface area contributed by atoms with E-state index in [0.29, 0.717) is 6.42 Å². The molecule has 2 aromatic carbocycles. The Kier molecular flexibility index (Phi) is 5.39. The second kappa shape index (κ2) is 7.27. The Morgan fingerprint density at radius 3 is 2.38 bits per heavy atom. The molecule has 3 nitrogen and oxygen atoms in total. The molecule has 0 fully saturated rings. The van der Waals surface area contributed by atoms with Crippen LogP contribution >= 0.6 is 15.9 Å². The molecule has 1 amide bonds.